The van der Waals surface area contributed by atoms with Gasteiger partial charge in [0.1, 0.15) is 0 Å². The largest absolute Gasteiger partial charge is 0.311 e. The summed E-state index contributed by atoms with van der Waals surface area (Å²) in [5, 5.41) is 10.7. The Bertz CT molecular complexity index is 4030. The van der Waals surface area contributed by atoms with E-state index < -0.39 is 0 Å². The van der Waals surface area contributed by atoms with Gasteiger partial charge in [-0.1, -0.05) is 129 Å². The third-order valence-electron chi connectivity index (χ3n) is 14.6. The Morgan fingerprint density at radius 3 is 1.36 bits per heavy atom. The van der Waals surface area contributed by atoms with Gasteiger partial charge in [0.2, 0.25) is 0 Å². The number of nitrogens with zero attached hydrogens (tertiary/aromatic N) is 3. The lowest BCUT2D eigenvalue weighted by atomic mass is 9.83. The van der Waals surface area contributed by atoms with Gasteiger partial charge in [-0.2, -0.15) is 0 Å². The van der Waals surface area contributed by atoms with E-state index in [1.54, 1.807) is 0 Å². The Labute approximate surface area is 389 Å². The molecule has 0 N–H and O–H groups in total. The second-order valence-electron chi connectivity index (χ2n) is 21.9. The van der Waals surface area contributed by atoms with E-state index in [9.17, 15) is 0 Å². The van der Waals surface area contributed by atoms with Gasteiger partial charge in [-0.3, -0.25) is 0 Å². The summed E-state index contributed by atoms with van der Waals surface area (Å²) in [5.74, 6) is 0. The summed E-state index contributed by atoms with van der Waals surface area (Å²) in [5.41, 5.74) is 17.6. The van der Waals surface area contributed by atoms with Gasteiger partial charge in [-0.05, 0) is 129 Å². The van der Waals surface area contributed by atoms with Crippen molar-refractivity contribution in [1.82, 2.24) is 8.80 Å². The van der Waals surface area contributed by atoms with Gasteiger partial charge in [0.25, 0.3) is 0 Å². The Balaban J connectivity index is 1.16. The van der Waals surface area contributed by atoms with Gasteiger partial charge in [0, 0.05) is 70.4 Å². The van der Waals surface area contributed by atoms with Crippen LogP contribution in [0.2, 0.25) is 0 Å². The minimum Gasteiger partial charge on any atom is -0.311 e. The molecule has 66 heavy (non-hydrogen) atoms. The van der Waals surface area contributed by atoms with Crippen molar-refractivity contribution in [1.29, 1.82) is 0 Å². The number of fused-ring (bicyclic) bond motifs is 14. The van der Waals surface area contributed by atoms with Crippen LogP contribution in [0.15, 0.2) is 158 Å². The molecule has 322 valence electrons. The van der Waals surface area contributed by atoms with Crippen molar-refractivity contribution in [2.75, 3.05) is 4.90 Å². The van der Waals surface area contributed by atoms with Crippen LogP contribution in [0.4, 0.5) is 17.1 Å². The Morgan fingerprint density at radius 2 is 0.803 bits per heavy atom. The molecular formula is C62H53N3S. The summed E-state index contributed by atoms with van der Waals surface area (Å²) < 4.78 is 7.99. The standard InChI is InChI=1S/C62H53N3S/c1-60(2,3)37-28-44(36-24-26-42(27-25-36)63(40-18-12-10-13-19-40)41-20-14-11-15-21-41)55-49(31-37)50-32-38(61(4,5)6)29-47-45-34-46-48-30-39(62(7,8)9)33-51-57(48)65(53(46)35-52(45)64(55)56(47)50)58-43-22-16-17-23-54(43)66-59(51)58/h10-35H,1-9H3. The summed E-state index contributed by atoms with van der Waals surface area (Å²) in [4.78, 5) is 2.35. The molecule has 0 radical (unpaired) electrons. The fourth-order valence-electron chi connectivity index (χ4n) is 11.1. The molecular weight excluding hydrogens is 819 g/mol. The van der Waals surface area contributed by atoms with E-state index >= 15 is 0 Å². The van der Waals surface area contributed by atoms with Crippen molar-refractivity contribution in [2.24, 2.45) is 0 Å². The first kappa shape index (κ1) is 39.5. The average molecular weight is 872 g/mol. The molecule has 0 bridgehead atoms. The average Bonchev–Trinajstić information content (AvgIpc) is 4.09. The predicted molar refractivity (Wildman–Crippen MR) is 287 cm³/mol. The maximum Gasteiger partial charge on any atom is 0.0728 e. The van der Waals surface area contributed by atoms with Crippen molar-refractivity contribution in [3.63, 3.8) is 0 Å². The molecule has 0 aliphatic rings. The van der Waals surface area contributed by atoms with Crippen LogP contribution in [0.1, 0.15) is 79.0 Å². The van der Waals surface area contributed by atoms with E-state index in [1.807, 2.05) is 11.3 Å². The quantitative estimate of drug-likeness (QED) is 0.172. The van der Waals surface area contributed by atoms with Crippen LogP contribution in [-0.4, -0.2) is 8.80 Å². The summed E-state index contributed by atoms with van der Waals surface area (Å²) in [6.07, 6.45) is 0. The zero-order valence-corrected chi connectivity index (χ0v) is 40.1. The molecule has 0 atom stereocenters. The minimum absolute atomic E-state index is 0.00161. The molecule has 0 fully saturated rings. The Hall–Kier alpha value is -6.88. The SMILES string of the molecule is CC(C)(C)c1cc(-c2ccc(N(c3ccccc3)c3ccccc3)cc2)c2c(c1)c1cc(C(C)(C)C)cc3c4cc5c6cc(C(C)(C)C)cc7c8sc9ccccc9c8n(c5cc4n2c31)c67. The van der Waals surface area contributed by atoms with Crippen LogP contribution in [0.25, 0.3) is 96.7 Å². The first-order valence-electron chi connectivity index (χ1n) is 23.5. The van der Waals surface area contributed by atoms with Crippen LogP contribution in [0.3, 0.4) is 0 Å². The van der Waals surface area contributed by atoms with Gasteiger partial charge in [0.05, 0.1) is 37.8 Å². The van der Waals surface area contributed by atoms with Crippen molar-refractivity contribution in [2.45, 2.75) is 78.6 Å². The van der Waals surface area contributed by atoms with E-state index in [4.69, 9.17) is 0 Å². The topological polar surface area (TPSA) is 12.1 Å². The van der Waals surface area contributed by atoms with Crippen LogP contribution >= 0.6 is 11.3 Å². The van der Waals surface area contributed by atoms with Crippen LogP contribution in [0, 0.1) is 0 Å². The highest BCUT2D eigenvalue weighted by molar-refractivity contribution is 7.26. The van der Waals surface area contributed by atoms with Gasteiger partial charge < -0.3 is 13.7 Å². The molecule has 0 saturated heterocycles. The zero-order chi connectivity index (χ0) is 45.2. The maximum atomic E-state index is 2.64. The number of anilines is 3. The van der Waals surface area contributed by atoms with Crippen LogP contribution in [-0.2, 0) is 16.2 Å². The normalized spacial score (nSPS) is 13.2. The summed E-state index contributed by atoms with van der Waals surface area (Å²) in [6, 6.07) is 59.8. The fraction of sp³-hybridized carbons (Fsp3) is 0.194. The first-order valence-corrected chi connectivity index (χ1v) is 24.3. The van der Waals surface area contributed by atoms with Crippen molar-refractivity contribution >= 4 is 114 Å². The second-order valence-corrected chi connectivity index (χ2v) is 22.9. The number of hydrogen-bond donors (Lipinski definition) is 0. The van der Waals surface area contributed by atoms with Gasteiger partial charge in [0.15, 0.2) is 0 Å². The summed E-state index contributed by atoms with van der Waals surface area (Å²) in [7, 11) is 0. The summed E-state index contributed by atoms with van der Waals surface area (Å²) in [6.45, 7) is 21.2. The lowest BCUT2D eigenvalue weighted by Crippen LogP contribution is -2.11. The molecule has 4 heteroatoms. The van der Waals surface area contributed by atoms with Crippen LogP contribution in [0.5, 0.6) is 0 Å². The molecule has 0 aliphatic carbocycles. The third kappa shape index (κ3) is 5.54. The molecule has 0 spiro atoms. The highest BCUT2D eigenvalue weighted by Gasteiger charge is 2.29. The molecule has 5 heterocycles. The highest BCUT2D eigenvalue weighted by Crippen LogP contribution is 2.51. The molecule has 0 aliphatic heterocycles. The number of benzene rings is 8. The summed E-state index contributed by atoms with van der Waals surface area (Å²) >= 11 is 1.94. The van der Waals surface area contributed by atoms with E-state index in [-0.39, 0.29) is 16.2 Å². The highest BCUT2D eigenvalue weighted by atomic mass is 32.1. The lowest BCUT2D eigenvalue weighted by Gasteiger charge is -2.26. The van der Waals surface area contributed by atoms with E-state index in [1.165, 1.54) is 113 Å². The molecule has 13 aromatic rings. The minimum atomic E-state index is -0.0613. The first-order chi connectivity index (χ1) is 31.6. The molecule has 0 unspecified atom stereocenters. The Morgan fingerprint density at radius 1 is 0.364 bits per heavy atom. The van der Waals surface area contributed by atoms with Crippen LogP contribution < -0.4 is 4.90 Å². The number of aromatic nitrogens is 2. The van der Waals surface area contributed by atoms with Crippen molar-refractivity contribution in [3.05, 3.63) is 174 Å². The molecule has 0 saturated carbocycles. The van der Waals surface area contributed by atoms with Crippen molar-refractivity contribution < 1.29 is 0 Å². The molecule has 3 nitrogen and oxygen atoms in total. The molecule has 0 amide bonds. The predicted octanol–water partition coefficient (Wildman–Crippen LogP) is 18.2. The number of thiophene rings is 1. The molecule has 8 aromatic carbocycles. The molecule has 5 aromatic heterocycles. The fourth-order valence-corrected chi connectivity index (χ4v) is 12.3. The second kappa shape index (κ2) is 13.4. The lowest BCUT2D eigenvalue weighted by molar-refractivity contribution is 0.591. The Kier molecular flexibility index (Phi) is 7.99. The number of hydrogen-bond acceptors (Lipinski definition) is 2. The van der Waals surface area contributed by atoms with Crippen molar-refractivity contribution in [3.8, 4) is 11.1 Å². The molecule has 13 rings (SSSR count). The number of rotatable bonds is 4. The maximum absolute atomic E-state index is 2.64. The van der Waals surface area contributed by atoms with Gasteiger partial charge in [-0.15, -0.1) is 11.3 Å². The number of para-hydroxylation sites is 2. The monoisotopic (exact) mass is 871 g/mol. The third-order valence-corrected chi connectivity index (χ3v) is 15.8. The van der Waals surface area contributed by atoms with E-state index in [0.29, 0.717) is 0 Å². The van der Waals surface area contributed by atoms with Gasteiger partial charge in [-0.25, -0.2) is 0 Å². The zero-order valence-electron chi connectivity index (χ0n) is 39.3. The van der Waals surface area contributed by atoms with E-state index in [2.05, 4.69) is 234 Å². The van der Waals surface area contributed by atoms with Gasteiger partial charge >= 0.3 is 0 Å². The van der Waals surface area contributed by atoms with E-state index in [0.717, 1.165) is 17.1 Å². The smallest absolute Gasteiger partial charge is 0.0728 e.